The van der Waals surface area contributed by atoms with Crippen molar-refractivity contribution in [2.45, 2.75) is 38.3 Å². The lowest BCUT2D eigenvalue weighted by Crippen LogP contribution is -2.32. The second kappa shape index (κ2) is 4.98. The summed E-state index contributed by atoms with van der Waals surface area (Å²) in [6.07, 6.45) is 3.77. The largest absolute Gasteiger partial charge is 0.329 e. The highest BCUT2D eigenvalue weighted by molar-refractivity contribution is 5.25. The Bertz CT molecular complexity index is 327. The molecule has 1 aromatic rings. The summed E-state index contributed by atoms with van der Waals surface area (Å²) in [5.74, 6) is 0. The summed E-state index contributed by atoms with van der Waals surface area (Å²) in [5.41, 5.74) is 8.65. The molecular weight excluding hydrogens is 196 g/mol. The van der Waals surface area contributed by atoms with Gasteiger partial charge in [0.25, 0.3) is 0 Å². The Labute approximate surface area is 98.4 Å². The molecule has 2 heteroatoms. The quantitative estimate of drug-likeness (QED) is 0.822. The van der Waals surface area contributed by atoms with Crippen LogP contribution in [0, 0.1) is 0 Å². The van der Waals surface area contributed by atoms with E-state index in [9.17, 15) is 0 Å². The fourth-order valence-corrected chi connectivity index (χ4v) is 2.25. The molecule has 1 aliphatic carbocycles. The van der Waals surface area contributed by atoms with Crippen LogP contribution in [0.25, 0.3) is 0 Å². The lowest BCUT2D eigenvalue weighted by molar-refractivity contribution is 0.240. The van der Waals surface area contributed by atoms with Crippen LogP contribution >= 0.6 is 0 Å². The van der Waals surface area contributed by atoms with E-state index in [0.29, 0.717) is 12.6 Å². The van der Waals surface area contributed by atoms with Crippen LogP contribution < -0.4 is 5.73 Å². The van der Waals surface area contributed by atoms with Gasteiger partial charge in [0, 0.05) is 18.6 Å². The van der Waals surface area contributed by atoms with E-state index in [0.717, 1.165) is 12.5 Å². The Kier molecular flexibility index (Phi) is 3.62. The zero-order chi connectivity index (χ0) is 11.5. The van der Waals surface area contributed by atoms with E-state index in [-0.39, 0.29) is 0 Å². The van der Waals surface area contributed by atoms with E-state index >= 15 is 0 Å². The Morgan fingerprint density at radius 3 is 2.38 bits per heavy atom. The molecule has 0 bridgehead atoms. The predicted molar refractivity (Wildman–Crippen MR) is 68.4 cm³/mol. The first kappa shape index (κ1) is 11.6. The summed E-state index contributed by atoms with van der Waals surface area (Å²) < 4.78 is 0. The Morgan fingerprint density at radius 2 is 1.94 bits per heavy atom. The van der Waals surface area contributed by atoms with Crippen LogP contribution in [-0.4, -0.2) is 24.5 Å². The Hall–Kier alpha value is -0.860. The van der Waals surface area contributed by atoms with E-state index < -0.39 is 0 Å². The molecular formula is C14H22N2. The van der Waals surface area contributed by atoms with Gasteiger partial charge in [-0.3, -0.25) is 4.90 Å². The number of benzene rings is 1. The summed E-state index contributed by atoms with van der Waals surface area (Å²) in [7, 11) is 2.20. The van der Waals surface area contributed by atoms with Gasteiger partial charge in [0.2, 0.25) is 0 Å². The number of hydrogen-bond acceptors (Lipinski definition) is 2. The fourth-order valence-electron chi connectivity index (χ4n) is 2.25. The average molecular weight is 218 g/mol. The lowest BCUT2D eigenvalue weighted by Gasteiger charge is -2.27. The van der Waals surface area contributed by atoms with Crippen LogP contribution in [0.15, 0.2) is 24.3 Å². The maximum Gasteiger partial charge on any atom is 0.0470 e. The van der Waals surface area contributed by atoms with Gasteiger partial charge < -0.3 is 5.73 Å². The molecule has 88 valence electrons. The summed E-state index contributed by atoms with van der Waals surface area (Å²) in [4.78, 5) is 2.43. The highest BCUT2D eigenvalue weighted by Crippen LogP contribution is 2.32. The van der Waals surface area contributed by atoms with Gasteiger partial charge in [-0.05, 0) is 37.4 Å². The molecule has 1 aliphatic rings. The van der Waals surface area contributed by atoms with Crippen molar-refractivity contribution >= 4 is 0 Å². The van der Waals surface area contributed by atoms with Crippen molar-refractivity contribution in [2.75, 3.05) is 13.6 Å². The third kappa shape index (κ3) is 2.45. The van der Waals surface area contributed by atoms with E-state index in [1.165, 1.54) is 24.0 Å². The number of rotatable bonds is 5. The Balaban J connectivity index is 2.12. The molecule has 0 aromatic heterocycles. The van der Waals surface area contributed by atoms with E-state index in [1.54, 1.807) is 0 Å². The highest BCUT2D eigenvalue weighted by Gasteiger charge is 2.30. The molecule has 0 aliphatic heterocycles. The monoisotopic (exact) mass is 218 g/mol. The van der Waals surface area contributed by atoms with Crippen molar-refractivity contribution in [1.82, 2.24) is 4.90 Å². The van der Waals surface area contributed by atoms with E-state index in [2.05, 4.69) is 43.1 Å². The molecule has 0 saturated heterocycles. The van der Waals surface area contributed by atoms with Crippen molar-refractivity contribution in [3.63, 3.8) is 0 Å². The minimum Gasteiger partial charge on any atom is -0.329 e. The summed E-state index contributed by atoms with van der Waals surface area (Å²) in [6, 6.07) is 10.1. The van der Waals surface area contributed by atoms with Crippen molar-refractivity contribution in [3.8, 4) is 0 Å². The van der Waals surface area contributed by atoms with Crippen LogP contribution in [0.2, 0.25) is 0 Å². The van der Waals surface area contributed by atoms with Gasteiger partial charge in [-0.15, -0.1) is 0 Å². The molecule has 0 spiro atoms. The Morgan fingerprint density at radius 1 is 1.31 bits per heavy atom. The zero-order valence-corrected chi connectivity index (χ0v) is 10.3. The molecule has 1 aromatic carbocycles. The molecule has 1 saturated carbocycles. The molecule has 2 nitrogen and oxygen atoms in total. The van der Waals surface area contributed by atoms with Gasteiger partial charge >= 0.3 is 0 Å². The first-order valence-electron chi connectivity index (χ1n) is 6.27. The fraction of sp³-hybridized carbons (Fsp3) is 0.571. The third-order valence-electron chi connectivity index (χ3n) is 3.61. The van der Waals surface area contributed by atoms with Crippen molar-refractivity contribution < 1.29 is 0 Å². The van der Waals surface area contributed by atoms with Gasteiger partial charge in [0.15, 0.2) is 0 Å². The first-order valence-corrected chi connectivity index (χ1v) is 6.27. The average Bonchev–Trinajstić information content (AvgIpc) is 3.14. The minimum atomic E-state index is 0.387. The molecule has 1 fully saturated rings. The second-order valence-corrected chi connectivity index (χ2v) is 4.74. The van der Waals surface area contributed by atoms with Crippen molar-refractivity contribution in [2.24, 2.45) is 5.73 Å². The molecule has 16 heavy (non-hydrogen) atoms. The maximum atomic E-state index is 5.90. The molecule has 0 radical (unpaired) electrons. The molecule has 2 N–H and O–H groups in total. The van der Waals surface area contributed by atoms with Gasteiger partial charge in [0.1, 0.15) is 0 Å². The van der Waals surface area contributed by atoms with Gasteiger partial charge in [-0.1, -0.05) is 31.2 Å². The summed E-state index contributed by atoms with van der Waals surface area (Å²) >= 11 is 0. The number of hydrogen-bond donors (Lipinski definition) is 1. The predicted octanol–water partition coefficient (Wildman–Crippen LogP) is 2.34. The topological polar surface area (TPSA) is 29.3 Å². The minimum absolute atomic E-state index is 0.387. The van der Waals surface area contributed by atoms with Crippen LogP contribution in [0.4, 0.5) is 0 Å². The van der Waals surface area contributed by atoms with Crippen LogP contribution in [-0.2, 0) is 6.42 Å². The number of nitrogens with two attached hydrogens (primary N) is 1. The van der Waals surface area contributed by atoms with Crippen LogP contribution in [0.3, 0.4) is 0 Å². The van der Waals surface area contributed by atoms with E-state index in [4.69, 9.17) is 5.73 Å². The lowest BCUT2D eigenvalue weighted by atomic mass is 10.0. The van der Waals surface area contributed by atoms with E-state index in [1.807, 2.05) is 0 Å². The van der Waals surface area contributed by atoms with Gasteiger partial charge in [-0.2, -0.15) is 0 Å². The summed E-state index contributed by atoms with van der Waals surface area (Å²) in [5, 5.41) is 0. The smallest absolute Gasteiger partial charge is 0.0470 e. The molecule has 1 unspecified atom stereocenters. The summed E-state index contributed by atoms with van der Waals surface area (Å²) in [6.45, 7) is 2.89. The molecule has 0 amide bonds. The first-order chi connectivity index (χ1) is 7.76. The number of aryl methyl sites for hydroxylation is 1. The van der Waals surface area contributed by atoms with Crippen molar-refractivity contribution in [3.05, 3.63) is 35.4 Å². The standard InChI is InChI=1S/C14H22N2/c1-3-11-4-6-12(7-5-11)14(10-15)16(2)13-8-9-13/h4-7,13-14H,3,8-10,15H2,1-2H3. The van der Waals surface area contributed by atoms with Gasteiger partial charge in [-0.25, -0.2) is 0 Å². The second-order valence-electron chi connectivity index (χ2n) is 4.74. The van der Waals surface area contributed by atoms with Gasteiger partial charge in [0.05, 0.1) is 0 Å². The molecule has 0 heterocycles. The SMILES string of the molecule is CCc1ccc(C(CN)N(C)C2CC2)cc1. The normalized spacial score (nSPS) is 17.8. The molecule has 2 rings (SSSR count). The number of nitrogens with zero attached hydrogens (tertiary/aromatic N) is 1. The van der Waals surface area contributed by atoms with Crippen LogP contribution in [0.5, 0.6) is 0 Å². The van der Waals surface area contributed by atoms with Crippen LogP contribution in [0.1, 0.15) is 36.9 Å². The third-order valence-corrected chi connectivity index (χ3v) is 3.61. The maximum absolute atomic E-state index is 5.90. The van der Waals surface area contributed by atoms with Crippen molar-refractivity contribution in [1.29, 1.82) is 0 Å². The number of likely N-dealkylation sites (N-methyl/N-ethyl adjacent to an activating group) is 1. The molecule has 1 atom stereocenters. The highest BCUT2D eigenvalue weighted by atomic mass is 15.2. The zero-order valence-electron chi connectivity index (χ0n) is 10.3.